The highest BCUT2D eigenvalue weighted by molar-refractivity contribution is 7.99. The Morgan fingerprint density at radius 2 is 1.67 bits per heavy atom. The van der Waals surface area contributed by atoms with E-state index in [2.05, 4.69) is 20.3 Å². The number of amides is 1. The molecule has 168 valence electrons. The summed E-state index contributed by atoms with van der Waals surface area (Å²) in [6, 6.07) is 16.1. The highest BCUT2D eigenvalue weighted by Gasteiger charge is 2.27. The van der Waals surface area contributed by atoms with Gasteiger partial charge in [-0.15, -0.1) is 5.10 Å². The van der Waals surface area contributed by atoms with Crippen molar-refractivity contribution in [3.8, 4) is 5.69 Å². The summed E-state index contributed by atoms with van der Waals surface area (Å²) < 4.78 is 27.4. The molecule has 1 amide bonds. The van der Waals surface area contributed by atoms with E-state index in [1.165, 1.54) is 6.33 Å². The summed E-state index contributed by atoms with van der Waals surface area (Å²) in [6.45, 7) is 1.93. The highest BCUT2D eigenvalue weighted by atomic mass is 32.2. The number of carbonyl (C=O) groups excluding carboxylic acids is 1. The van der Waals surface area contributed by atoms with Crippen LogP contribution >= 0.6 is 11.8 Å². The molecule has 0 atom stereocenters. The summed E-state index contributed by atoms with van der Waals surface area (Å²) in [5, 5.41) is 8.55. The van der Waals surface area contributed by atoms with Crippen LogP contribution in [-0.2, 0) is 0 Å². The number of piperazine rings is 1. The fourth-order valence-corrected chi connectivity index (χ4v) is 4.48. The van der Waals surface area contributed by atoms with Crippen LogP contribution in [0.15, 0.2) is 65.8 Å². The van der Waals surface area contributed by atoms with Gasteiger partial charge < -0.3 is 9.80 Å². The first-order valence-electron chi connectivity index (χ1n) is 10.3. The third kappa shape index (κ3) is 4.23. The Kier molecular flexibility index (Phi) is 5.86. The summed E-state index contributed by atoms with van der Waals surface area (Å²) in [7, 11) is 0. The van der Waals surface area contributed by atoms with Gasteiger partial charge in [0.25, 0.3) is 11.7 Å². The quantitative estimate of drug-likeness (QED) is 0.416. The molecule has 11 heteroatoms. The molecule has 0 aliphatic carbocycles. The SMILES string of the molecule is O=C(c1ccccc1SC(F)F)N1CCN(c2ncnc3c2nnn3-c2ccccc2)CC1. The molecular weight excluding hydrogens is 448 g/mol. The smallest absolute Gasteiger partial charge is 0.288 e. The maximum absolute atomic E-state index is 13.0. The average Bonchev–Trinajstić information content (AvgIpc) is 3.29. The molecule has 3 heterocycles. The molecule has 0 spiro atoms. The lowest BCUT2D eigenvalue weighted by molar-refractivity contribution is 0.0743. The summed E-state index contributed by atoms with van der Waals surface area (Å²) in [5.74, 6) is -2.18. The molecule has 8 nitrogen and oxygen atoms in total. The van der Waals surface area contributed by atoms with Gasteiger partial charge >= 0.3 is 0 Å². The number of para-hydroxylation sites is 1. The molecule has 0 N–H and O–H groups in total. The number of rotatable bonds is 5. The molecule has 0 bridgehead atoms. The van der Waals surface area contributed by atoms with Crippen molar-refractivity contribution in [1.29, 1.82) is 0 Å². The van der Waals surface area contributed by atoms with Gasteiger partial charge in [0, 0.05) is 31.1 Å². The summed E-state index contributed by atoms with van der Waals surface area (Å²) in [4.78, 5) is 25.8. The van der Waals surface area contributed by atoms with Crippen LogP contribution in [-0.4, -0.2) is 67.7 Å². The fraction of sp³-hybridized carbons (Fsp3) is 0.227. The Balaban J connectivity index is 1.34. The third-order valence-corrected chi connectivity index (χ3v) is 6.21. The Hall–Kier alpha value is -3.60. The second-order valence-corrected chi connectivity index (χ2v) is 8.39. The zero-order valence-electron chi connectivity index (χ0n) is 17.4. The standard InChI is InChI=1S/C22H19F2N7OS/c23-22(24)33-17-9-5-4-8-16(17)21(32)30-12-10-29(11-13-30)19-18-20(26-14-25-19)31(28-27-18)15-6-2-1-3-7-15/h1-9,14,22H,10-13H2. The number of nitrogens with zero attached hydrogens (tertiary/aromatic N) is 7. The summed E-state index contributed by atoms with van der Waals surface area (Å²) in [5.41, 5.74) is 2.33. The molecule has 4 aromatic rings. The van der Waals surface area contributed by atoms with Crippen LogP contribution in [0.3, 0.4) is 0 Å². The predicted molar refractivity (Wildman–Crippen MR) is 121 cm³/mol. The zero-order valence-corrected chi connectivity index (χ0v) is 18.2. The van der Waals surface area contributed by atoms with E-state index in [1.807, 2.05) is 35.2 Å². The van der Waals surface area contributed by atoms with Crippen molar-refractivity contribution in [2.24, 2.45) is 0 Å². The number of alkyl halides is 2. The van der Waals surface area contributed by atoms with Crippen molar-refractivity contribution in [2.45, 2.75) is 10.7 Å². The van der Waals surface area contributed by atoms with Gasteiger partial charge in [0.15, 0.2) is 17.0 Å². The maximum Gasteiger partial charge on any atom is 0.288 e. The van der Waals surface area contributed by atoms with E-state index in [0.29, 0.717) is 60.5 Å². The normalized spacial score (nSPS) is 14.3. The highest BCUT2D eigenvalue weighted by Crippen LogP contribution is 2.30. The van der Waals surface area contributed by atoms with Gasteiger partial charge in [-0.25, -0.2) is 9.97 Å². The van der Waals surface area contributed by atoms with Crippen LogP contribution in [0.4, 0.5) is 14.6 Å². The van der Waals surface area contributed by atoms with Gasteiger partial charge in [-0.05, 0) is 24.3 Å². The number of thioether (sulfide) groups is 1. The molecule has 0 saturated carbocycles. The molecule has 5 rings (SSSR count). The van der Waals surface area contributed by atoms with Crippen molar-refractivity contribution in [1.82, 2.24) is 29.9 Å². The number of halogens is 2. The second-order valence-electron chi connectivity index (χ2n) is 7.36. The average molecular weight is 468 g/mol. The first-order chi connectivity index (χ1) is 16.1. The number of aromatic nitrogens is 5. The summed E-state index contributed by atoms with van der Waals surface area (Å²) in [6.07, 6.45) is 1.48. The van der Waals surface area contributed by atoms with Crippen molar-refractivity contribution in [2.75, 3.05) is 31.1 Å². The molecule has 1 aliphatic heterocycles. The Morgan fingerprint density at radius 3 is 2.42 bits per heavy atom. The largest absolute Gasteiger partial charge is 0.351 e. The van der Waals surface area contributed by atoms with Gasteiger partial charge in [-0.3, -0.25) is 4.79 Å². The van der Waals surface area contributed by atoms with Crippen LogP contribution < -0.4 is 4.90 Å². The minimum absolute atomic E-state index is 0.249. The molecule has 1 aliphatic rings. The van der Waals surface area contributed by atoms with E-state index in [9.17, 15) is 13.6 Å². The van der Waals surface area contributed by atoms with E-state index in [1.54, 1.807) is 33.8 Å². The van der Waals surface area contributed by atoms with Crippen LogP contribution in [0.5, 0.6) is 0 Å². The minimum atomic E-state index is -2.58. The number of anilines is 1. The topological polar surface area (TPSA) is 80.0 Å². The van der Waals surface area contributed by atoms with E-state index in [4.69, 9.17) is 0 Å². The number of carbonyl (C=O) groups is 1. The lowest BCUT2D eigenvalue weighted by Crippen LogP contribution is -2.49. The first-order valence-corrected chi connectivity index (χ1v) is 11.2. The van der Waals surface area contributed by atoms with Gasteiger partial charge in [0.1, 0.15) is 6.33 Å². The molecule has 2 aromatic heterocycles. The Labute approximate surface area is 192 Å². The van der Waals surface area contributed by atoms with E-state index >= 15 is 0 Å². The van der Waals surface area contributed by atoms with E-state index < -0.39 is 5.76 Å². The van der Waals surface area contributed by atoms with Crippen LogP contribution in [0, 0.1) is 0 Å². The number of benzene rings is 2. The zero-order chi connectivity index (χ0) is 22.8. The third-order valence-electron chi connectivity index (χ3n) is 5.42. The molecule has 0 unspecified atom stereocenters. The Morgan fingerprint density at radius 1 is 0.939 bits per heavy atom. The minimum Gasteiger partial charge on any atom is -0.351 e. The molecule has 33 heavy (non-hydrogen) atoms. The van der Waals surface area contributed by atoms with Gasteiger partial charge in [-0.2, -0.15) is 13.5 Å². The van der Waals surface area contributed by atoms with Crippen LogP contribution in [0.25, 0.3) is 16.9 Å². The molecule has 0 radical (unpaired) electrons. The van der Waals surface area contributed by atoms with Gasteiger partial charge in [0.05, 0.1) is 11.3 Å². The van der Waals surface area contributed by atoms with Crippen molar-refractivity contribution >= 4 is 34.7 Å². The number of hydrogen-bond donors (Lipinski definition) is 0. The second kappa shape index (κ2) is 9.10. The van der Waals surface area contributed by atoms with Crippen molar-refractivity contribution in [3.05, 3.63) is 66.5 Å². The molecule has 1 saturated heterocycles. The summed E-state index contributed by atoms with van der Waals surface area (Å²) >= 11 is 0.391. The van der Waals surface area contributed by atoms with Gasteiger partial charge in [0.2, 0.25) is 0 Å². The van der Waals surface area contributed by atoms with Gasteiger partial charge in [-0.1, -0.05) is 47.3 Å². The predicted octanol–water partition coefficient (Wildman–Crippen LogP) is 3.49. The number of fused-ring (bicyclic) bond motifs is 1. The van der Waals surface area contributed by atoms with Crippen molar-refractivity contribution in [3.63, 3.8) is 0 Å². The van der Waals surface area contributed by atoms with Crippen molar-refractivity contribution < 1.29 is 13.6 Å². The molecule has 1 fully saturated rings. The lowest BCUT2D eigenvalue weighted by atomic mass is 10.2. The van der Waals surface area contributed by atoms with Crippen LogP contribution in [0.2, 0.25) is 0 Å². The lowest BCUT2D eigenvalue weighted by Gasteiger charge is -2.35. The van der Waals surface area contributed by atoms with E-state index in [0.717, 1.165) is 5.69 Å². The number of hydrogen-bond acceptors (Lipinski definition) is 7. The molecular formula is C22H19F2N7OS. The first kappa shape index (κ1) is 21.3. The molecule has 2 aromatic carbocycles. The maximum atomic E-state index is 13.0. The van der Waals surface area contributed by atoms with E-state index in [-0.39, 0.29) is 10.8 Å². The Bertz CT molecular complexity index is 1280. The monoisotopic (exact) mass is 467 g/mol. The van der Waals surface area contributed by atoms with Crippen LogP contribution in [0.1, 0.15) is 10.4 Å². The fourth-order valence-electron chi connectivity index (χ4n) is 3.85.